The van der Waals surface area contributed by atoms with Crippen molar-refractivity contribution in [2.45, 2.75) is 20.3 Å². The Hall–Kier alpha value is -2.48. The quantitative estimate of drug-likeness (QED) is 0.799. The molecule has 0 aliphatic rings. The normalized spacial score (nSPS) is 10.9. The van der Waals surface area contributed by atoms with E-state index in [0.717, 1.165) is 27.8 Å². The Morgan fingerprint density at radius 1 is 1.41 bits per heavy atom. The van der Waals surface area contributed by atoms with E-state index in [2.05, 4.69) is 20.6 Å². The fourth-order valence-electron chi connectivity index (χ4n) is 2.12. The number of ether oxygens (including phenoxy) is 1. The number of nitrogens with zero attached hydrogens (tertiary/aromatic N) is 4. The molecule has 0 atom stereocenters. The highest BCUT2D eigenvalue weighted by Gasteiger charge is 2.14. The van der Waals surface area contributed by atoms with E-state index in [0.29, 0.717) is 11.4 Å². The number of methoxy groups -OCH3 is 1. The number of aryl methyl sites for hydroxylation is 1. The van der Waals surface area contributed by atoms with E-state index in [1.807, 2.05) is 25.1 Å². The molecule has 0 aliphatic heterocycles. The standard InChI is InChI=1S/C14H15N5O2S/c1-4-12-16-17-14-19(12)18-13(22-14)9-5-6-11(21-3)10(7-9)15-8(2)20/h5-7H,4H2,1-3H3,(H,15,20). The highest BCUT2D eigenvalue weighted by Crippen LogP contribution is 2.32. The van der Waals surface area contributed by atoms with Gasteiger partial charge in [-0.15, -0.1) is 10.2 Å². The van der Waals surface area contributed by atoms with Crippen molar-refractivity contribution in [2.75, 3.05) is 12.4 Å². The molecule has 0 saturated carbocycles. The van der Waals surface area contributed by atoms with Gasteiger partial charge in [-0.05, 0) is 18.2 Å². The number of carbonyl (C=O) groups excluding carboxylic acids is 1. The summed E-state index contributed by atoms with van der Waals surface area (Å²) >= 11 is 1.45. The first-order valence-electron chi connectivity index (χ1n) is 6.79. The average molecular weight is 317 g/mol. The predicted octanol–water partition coefficient (Wildman–Crippen LogP) is 2.38. The van der Waals surface area contributed by atoms with Gasteiger partial charge < -0.3 is 10.1 Å². The van der Waals surface area contributed by atoms with Crippen molar-refractivity contribution in [3.05, 3.63) is 24.0 Å². The number of fused-ring (bicyclic) bond motifs is 1. The molecule has 0 spiro atoms. The largest absolute Gasteiger partial charge is 0.495 e. The van der Waals surface area contributed by atoms with Gasteiger partial charge in [0.05, 0.1) is 12.8 Å². The number of rotatable bonds is 4. The molecule has 1 N–H and O–H groups in total. The number of hydrogen-bond acceptors (Lipinski definition) is 6. The fraction of sp³-hybridized carbons (Fsp3) is 0.286. The van der Waals surface area contributed by atoms with Gasteiger partial charge in [0, 0.05) is 18.9 Å². The molecule has 8 heteroatoms. The molecule has 0 unspecified atom stereocenters. The van der Waals surface area contributed by atoms with Crippen molar-refractivity contribution in [1.82, 2.24) is 19.8 Å². The number of carbonyl (C=O) groups is 1. The summed E-state index contributed by atoms with van der Waals surface area (Å²) in [6.45, 7) is 3.47. The molecule has 1 aromatic carbocycles. The number of amides is 1. The number of benzene rings is 1. The minimum atomic E-state index is -0.151. The van der Waals surface area contributed by atoms with Gasteiger partial charge >= 0.3 is 0 Å². The van der Waals surface area contributed by atoms with Crippen LogP contribution < -0.4 is 10.1 Å². The van der Waals surface area contributed by atoms with Crippen LogP contribution in [0.3, 0.4) is 0 Å². The van der Waals surface area contributed by atoms with Crippen molar-refractivity contribution in [3.8, 4) is 16.3 Å². The summed E-state index contributed by atoms with van der Waals surface area (Å²) in [5.41, 5.74) is 1.51. The first kappa shape index (κ1) is 14.5. The Bertz CT molecular complexity index is 839. The summed E-state index contributed by atoms with van der Waals surface area (Å²) in [6.07, 6.45) is 0.768. The summed E-state index contributed by atoms with van der Waals surface area (Å²) in [5, 5.41) is 16.3. The van der Waals surface area contributed by atoms with E-state index in [-0.39, 0.29) is 5.91 Å². The van der Waals surface area contributed by atoms with Gasteiger partial charge in [0.15, 0.2) is 5.82 Å². The van der Waals surface area contributed by atoms with Crippen LogP contribution >= 0.6 is 11.3 Å². The molecule has 3 aromatic rings. The molecular weight excluding hydrogens is 302 g/mol. The van der Waals surface area contributed by atoms with Crippen LogP contribution in [-0.4, -0.2) is 32.8 Å². The zero-order valence-corrected chi connectivity index (χ0v) is 13.3. The van der Waals surface area contributed by atoms with E-state index < -0.39 is 0 Å². The Morgan fingerprint density at radius 2 is 2.23 bits per heavy atom. The number of anilines is 1. The van der Waals surface area contributed by atoms with Crippen LogP contribution in [0, 0.1) is 0 Å². The van der Waals surface area contributed by atoms with Crippen LogP contribution in [0.4, 0.5) is 5.69 Å². The van der Waals surface area contributed by atoms with Crippen molar-refractivity contribution in [1.29, 1.82) is 0 Å². The molecule has 1 amide bonds. The number of aromatic nitrogens is 4. The third-order valence-electron chi connectivity index (χ3n) is 3.13. The van der Waals surface area contributed by atoms with Crippen molar-refractivity contribution in [3.63, 3.8) is 0 Å². The minimum Gasteiger partial charge on any atom is -0.495 e. The molecule has 2 aromatic heterocycles. The molecule has 22 heavy (non-hydrogen) atoms. The lowest BCUT2D eigenvalue weighted by molar-refractivity contribution is -0.114. The highest BCUT2D eigenvalue weighted by molar-refractivity contribution is 7.19. The lowest BCUT2D eigenvalue weighted by Crippen LogP contribution is -2.07. The van der Waals surface area contributed by atoms with E-state index >= 15 is 0 Å². The maximum Gasteiger partial charge on any atom is 0.234 e. The molecule has 7 nitrogen and oxygen atoms in total. The lowest BCUT2D eigenvalue weighted by Gasteiger charge is -2.09. The summed E-state index contributed by atoms with van der Waals surface area (Å²) in [6, 6.07) is 5.56. The van der Waals surface area contributed by atoms with Crippen LogP contribution in [0.5, 0.6) is 5.75 Å². The van der Waals surface area contributed by atoms with Gasteiger partial charge in [0.2, 0.25) is 10.9 Å². The van der Waals surface area contributed by atoms with Gasteiger partial charge in [-0.1, -0.05) is 18.3 Å². The molecule has 0 aliphatic carbocycles. The van der Waals surface area contributed by atoms with Crippen LogP contribution in [0.15, 0.2) is 18.2 Å². The van der Waals surface area contributed by atoms with Crippen LogP contribution in [-0.2, 0) is 11.2 Å². The van der Waals surface area contributed by atoms with E-state index in [1.165, 1.54) is 18.3 Å². The smallest absolute Gasteiger partial charge is 0.234 e. The Kier molecular flexibility index (Phi) is 3.76. The molecule has 0 bridgehead atoms. The topological polar surface area (TPSA) is 81.4 Å². The second-order valence-electron chi connectivity index (χ2n) is 4.67. The number of hydrogen-bond donors (Lipinski definition) is 1. The molecule has 114 valence electrons. The first-order valence-corrected chi connectivity index (χ1v) is 7.61. The zero-order chi connectivity index (χ0) is 15.7. The summed E-state index contributed by atoms with van der Waals surface area (Å²) in [5.74, 6) is 1.28. The fourth-order valence-corrected chi connectivity index (χ4v) is 2.98. The van der Waals surface area contributed by atoms with Crippen LogP contribution in [0.2, 0.25) is 0 Å². The second kappa shape index (κ2) is 5.72. The molecule has 2 heterocycles. The summed E-state index contributed by atoms with van der Waals surface area (Å²) in [4.78, 5) is 12.1. The monoisotopic (exact) mass is 317 g/mol. The van der Waals surface area contributed by atoms with Crippen molar-refractivity contribution >= 4 is 27.9 Å². The first-order chi connectivity index (χ1) is 10.6. The Balaban J connectivity index is 2.05. The third-order valence-corrected chi connectivity index (χ3v) is 4.08. The van der Waals surface area contributed by atoms with E-state index in [9.17, 15) is 4.79 Å². The molecule has 0 radical (unpaired) electrons. The summed E-state index contributed by atoms with van der Waals surface area (Å²) in [7, 11) is 1.57. The van der Waals surface area contributed by atoms with Crippen LogP contribution in [0.1, 0.15) is 19.7 Å². The SMILES string of the molecule is CCc1nnc2sc(-c3ccc(OC)c(NC(C)=O)c3)nn12. The average Bonchev–Trinajstić information content (AvgIpc) is 3.06. The Labute approximate surface area is 130 Å². The Morgan fingerprint density at radius 3 is 2.91 bits per heavy atom. The van der Waals surface area contributed by atoms with E-state index in [1.54, 1.807) is 11.6 Å². The van der Waals surface area contributed by atoms with Crippen molar-refractivity contribution in [2.24, 2.45) is 0 Å². The van der Waals surface area contributed by atoms with Gasteiger partial charge in [-0.3, -0.25) is 4.79 Å². The molecule has 0 saturated heterocycles. The molecular formula is C14H15N5O2S. The van der Waals surface area contributed by atoms with Gasteiger partial charge in [-0.25, -0.2) is 0 Å². The summed E-state index contributed by atoms with van der Waals surface area (Å²) < 4.78 is 7.01. The zero-order valence-electron chi connectivity index (χ0n) is 12.5. The molecule has 0 fully saturated rings. The second-order valence-corrected chi connectivity index (χ2v) is 5.62. The maximum absolute atomic E-state index is 11.3. The number of nitrogens with one attached hydrogen (secondary N) is 1. The van der Waals surface area contributed by atoms with Gasteiger partial charge in [-0.2, -0.15) is 9.61 Å². The van der Waals surface area contributed by atoms with Crippen LogP contribution in [0.25, 0.3) is 15.5 Å². The lowest BCUT2D eigenvalue weighted by atomic mass is 10.2. The van der Waals surface area contributed by atoms with E-state index in [4.69, 9.17) is 4.74 Å². The highest BCUT2D eigenvalue weighted by atomic mass is 32.1. The molecule has 3 rings (SSSR count). The maximum atomic E-state index is 11.3. The minimum absolute atomic E-state index is 0.151. The third kappa shape index (κ3) is 2.52. The van der Waals surface area contributed by atoms with Crippen molar-refractivity contribution < 1.29 is 9.53 Å². The van der Waals surface area contributed by atoms with Gasteiger partial charge in [0.25, 0.3) is 0 Å². The van der Waals surface area contributed by atoms with Gasteiger partial charge in [0.1, 0.15) is 10.8 Å². The predicted molar refractivity (Wildman–Crippen MR) is 84.3 cm³/mol.